The van der Waals surface area contributed by atoms with Gasteiger partial charge in [0.15, 0.2) is 0 Å². The van der Waals surface area contributed by atoms with Gasteiger partial charge in [-0.15, -0.1) is 0 Å². The fourth-order valence-corrected chi connectivity index (χ4v) is 8.30. The minimum absolute atomic E-state index is 0.0383. The highest BCUT2D eigenvalue weighted by Gasteiger charge is 2.51. The Balaban J connectivity index is 0.968. The third kappa shape index (κ3) is 6.84. The average molecular weight is 730 g/mol. The van der Waals surface area contributed by atoms with Crippen LogP contribution in [0.3, 0.4) is 0 Å². The fourth-order valence-electron chi connectivity index (χ4n) is 8.30. The second kappa shape index (κ2) is 13.3. The van der Waals surface area contributed by atoms with Crippen molar-refractivity contribution in [2.75, 3.05) is 0 Å². The van der Waals surface area contributed by atoms with E-state index in [1.54, 1.807) is 0 Å². The number of hydrogen-bond donors (Lipinski definition) is 2. The Morgan fingerprint density at radius 1 is 0.741 bits per heavy atom. The van der Waals surface area contributed by atoms with Gasteiger partial charge in [-0.25, -0.2) is 24.5 Å². The molecule has 3 aliphatic rings. The van der Waals surface area contributed by atoms with Crippen molar-refractivity contribution < 1.29 is 19.1 Å². The number of benzene rings is 2. The molecule has 1 saturated carbocycles. The van der Waals surface area contributed by atoms with E-state index in [-0.39, 0.29) is 36.4 Å². The van der Waals surface area contributed by atoms with Crippen LogP contribution in [0.25, 0.3) is 44.7 Å². The van der Waals surface area contributed by atoms with Gasteiger partial charge in [0, 0.05) is 23.7 Å². The van der Waals surface area contributed by atoms with Crippen LogP contribution in [-0.4, -0.2) is 70.2 Å². The van der Waals surface area contributed by atoms with Gasteiger partial charge in [0.1, 0.15) is 28.5 Å². The molecular weight excluding hydrogens is 679 g/mol. The van der Waals surface area contributed by atoms with Crippen LogP contribution >= 0.6 is 0 Å². The summed E-state index contributed by atoms with van der Waals surface area (Å²) in [5.74, 6) is 2.37. The summed E-state index contributed by atoms with van der Waals surface area (Å²) >= 11 is 0. The van der Waals surface area contributed by atoms with Gasteiger partial charge in [0.2, 0.25) is 0 Å². The van der Waals surface area contributed by atoms with Gasteiger partial charge < -0.3 is 19.4 Å². The summed E-state index contributed by atoms with van der Waals surface area (Å²) in [4.78, 5) is 51.7. The fraction of sp³-hybridized carbons (Fsp3) is 0.465. The summed E-state index contributed by atoms with van der Waals surface area (Å²) in [6.07, 6.45) is 7.04. The zero-order chi connectivity index (χ0) is 38.1. The van der Waals surface area contributed by atoms with Crippen molar-refractivity contribution >= 4 is 23.1 Å². The summed E-state index contributed by atoms with van der Waals surface area (Å²) in [7, 11) is 0. The number of H-pyrrole nitrogens is 2. The van der Waals surface area contributed by atoms with Gasteiger partial charge in [0.05, 0.1) is 35.2 Å². The number of nitrogens with zero attached hydrogens (tertiary/aromatic N) is 5. The number of likely N-dealkylation sites (tertiary alicyclic amines) is 2. The second-order valence-electron chi connectivity index (χ2n) is 17.4. The van der Waals surface area contributed by atoms with E-state index in [0.717, 1.165) is 82.0 Å². The number of ether oxygens (including phenoxy) is 2. The molecule has 11 nitrogen and oxygen atoms in total. The highest BCUT2D eigenvalue weighted by Crippen LogP contribution is 2.50. The Hall–Kier alpha value is -5.19. The zero-order valence-electron chi connectivity index (χ0n) is 32.5. The molecule has 3 aromatic heterocycles. The second-order valence-corrected chi connectivity index (χ2v) is 17.4. The van der Waals surface area contributed by atoms with E-state index in [0.29, 0.717) is 11.8 Å². The van der Waals surface area contributed by atoms with Gasteiger partial charge in [-0.05, 0) is 121 Å². The quantitative estimate of drug-likeness (QED) is 0.184. The first-order valence-electron chi connectivity index (χ1n) is 19.3. The van der Waals surface area contributed by atoms with Crippen LogP contribution < -0.4 is 0 Å². The first-order valence-corrected chi connectivity index (χ1v) is 19.3. The van der Waals surface area contributed by atoms with E-state index < -0.39 is 11.2 Å². The predicted octanol–water partition coefficient (Wildman–Crippen LogP) is 9.85. The maximum absolute atomic E-state index is 13.2. The number of imidazole rings is 2. The number of aromatic amines is 2. The Kier molecular flexibility index (Phi) is 8.81. The van der Waals surface area contributed by atoms with Crippen molar-refractivity contribution in [2.24, 2.45) is 11.8 Å². The average Bonchev–Trinajstić information content (AvgIpc) is 3.89. The van der Waals surface area contributed by atoms with E-state index in [4.69, 9.17) is 24.4 Å². The number of fused-ring (bicyclic) bond motifs is 2. The van der Waals surface area contributed by atoms with Crippen LogP contribution in [0, 0.1) is 11.8 Å². The van der Waals surface area contributed by atoms with Gasteiger partial charge >= 0.3 is 12.2 Å². The number of rotatable bonds is 5. The van der Waals surface area contributed by atoms with E-state index in [1.807, 2.05) is 75.9 Å². The van der Waals surface area contributed by atoms with Crippen LogP contribution in [-0.2, 0) is 9.47 Å². The zero-order valence-corrected chi connectivity index (χ0v) is 32.5. The molecule has 282 valence electrons. The van der Waals surface area contributed by atoms with Crippen LogP contribution in [0.1, 0.15) is 105 Å². The summed E-state index contributed by atoms with van der Waals surface area (Å²) in [6, 6.07) is 18.8. The molecule has 11 heteroatoms. The number of carbonyl (C=O) groups excluding carboxylic acids is 2. The summed E-state index contributed by atoms with van der Waals surface area (Å²) in [6.45, 7) is 15.6. The van der Waals surface area contributed by atoms with Crippen molar-refractivity contribution in [2.45, 2.75) is 116 Å². The van der Waals surface area contributed by atoms with Crippen LogP contribution in [0.2, 0.25) is 0 Å². The van der Waals surface area contributed by atoms with Gasteiger partial charge in [-0.3, -0.25) is 9.80 Å². The Morgan fingerprint density at radius 3 is 2.09 bits per heavy atom. The first kappa shape index (κ1) is 35.8. The monoisotopic (exact) mass is 729 g/mol. The summed E-state index contributed by atoms with van der Waals surface area (Å²) in [5.41, 5.74) is 5.41. The lowest BCUT2D eigenvalue weighted by molar-refractivity contribution is 0.00469. The van der Waals surface area contributed by atoms with Crippen molar-refractivity contribution in [3.63, 3.8) is 0 Å². The lowest BCUT2D eigenvalue weighted by Gasteiger charge is -2.37. The molecule has 0 spiro atoms. The predicted molar refractivity (Wildman–Crippen MR) is 208 cm³/mol. The van der Waals surface area contributed by atoms with E-state index in [9.17, 15) is 9.59 Å². The number of pyridine rings is 1. The molecule has 2 aliphatic heterocycles. The maximum Gasteiger partial charge on any atom is 0.411 e. The molecule has 0 unspecified atom stereocenters. The van der Waals surface area contributed by atoms with Crippen LogP contribution in [0.4, 0.5) is 9.59 Å². The van der Waals surface area contributed by atoms with E-state index in [2.05, 4.69) is 66.3 Å². The third-order valence-electron chi connectivity index (χ3n) is 11.3. The highest BCUT2D eigenvalue weighted by molar-refractivity contribution is 5.86. The Labute approximate surface area is 316 Å². The molecule has 54 heavy (non-hydrogen) atoms. The molecule has 8 rings (SSSR count). The molecule has 3 fully saturated rings. The number of aromatic nitrogens is 5. The molecule has 2 saturated heterocycles. The first-order chi connectivity index (χ1) is 25.6. The summed E-state index contributed by atoms with van der Waals surface area (Å²) < 4.78 is 11.6. The molecule has 5 aromatic rings. The normalized spacial score (nSPS) is 24.1. The molecule has 2 aromatic carbocycles. The lowest BCUT2D eigenvalue weighted by atomic mass is 9.80. The molecule has 1 aliphatic carbocycles. The SMILES string of the molecule is C[C@@H]1C[C@@H](c2nc(-c3ccc4cc(-c5ccc(-c6cnc([C@@H]7C[C@H]8CC[C@H]8N7C(=O)OC(C)(C)C)[nH]6)cc5)ccc4n3)c[nH]2)N(C(=O)OC(C)(C)C)[C@@H]1C. The van der Waals surface area contributed by atoms with Gasteiger partial charge in [-0.2, -0.15) is 0 Å². The minimum atomic E-state index is -0.575. The molecule has 0 bridgehead atoms. The Bertz CT molecular complexity index is 2190. The van der Waals surface area contributed by atoms with Gasteiger partial charge in [0.25, 0.3) is 0 Å². The largest absolute Gasteiger partial charge is 0.444 e. The van der Waals surface area contributed by atoms with Crippen LogP contribution in [0.5, 0.6) is 0 Å². The number of nitrogens with one attached hydrogen (secondary N) is 2. The van der Waals surface area contributed by atoms with Crippen LogP contribution in [0.15, 0.2) is 67.0 Å². The number of amides is 2. The smallest absolute Gasteiger partial charge is 0.411 e. The van der Waals surface area contributed by atoms with E-state index >= 15 is 0 Å². The molecule has 0 radical (unpaired) electrons. The van der Waals surface area contributed by atoms with E-state index in [1.165, 1.54) is 0 Å². The maximum atomic E-state index is 13.2. The molecular formula is C43H51N7O4. The number of carbonyl (C=O) groups is 2. The number of hydrogen-bond acceptors (Lipinski definition) is 7. The topological polar surface area (TPSA) is 129 Å². The van der Waals surface area contributed by atoms with Crippen molar-refractivity contribution in [1.29, 1.82) is 0 Å². The standard InChI is InChI=1S/C43H51N7O4/c1-24-19-36(49(25(24)2)40(51)53-42(3,4)5)38-45-23-34(48-38)32-17-14-29-20-28(13-16-31(29)46-32)26-9-11-27(12-10-26)33-22-44-39(47-33)37-21-30-15-18-35(30)50(37)41(52)54-43(6,7)8/h9-14,16-17,20,22-25,30,35-37H,15,18-19,21H2,1-8H3,(H,44,47)(H,45,48)/t24-,25-,30-,35-,36+,37+/m1/s1. The van der Waals surface area contributed by atoms with Crippen molar-refractivity contribution in [1.82, 2.24) is 34.7 Å². The molecule has 6 atom stereocenters. The van der Waals surface area contributed by atoms with Crippen molar-refractivity contribution in [3.8, 4) is 33.8 Å². The minimum Gasteiger partial charge on any atom is -0.444 e. The summed E-state index contributed by atoms with van der Waals surface area (Å²) in [5, 5.41) is 1.03. The highest BCUT2D eigenvalue weighted by atomic mass is 16.6. The Morgan fingerprint density at radius 2 is 1.41 bits per heavy atom. The lowest BCUT2D eigenvalue weighted by Crippen LogP contribution is -2.46. The molecule has 2 N–H and O–H groups in total. The molecule has 2 amide bonds. The third-order valence-corrected chi connectivity index (χ3v) is 11.3. The van der Waals surface area contributed by atoms with Gasteiger partial charge in [-0.1, -0.05) is 43.3 Å². The molecule has 5 heterocycles. The van der Waals surface area contributed by atoms with Crippen molar-refractivity contribution in [3.05, 3.63) is 78.6 Å².